The van der Waals surface area contributed by atoms with Crippen LogP contribution < -0.4 is 4.90 Å². The molecule has 2 aliphatic heterocycles. The van der Waals surface area contributed by atoms with E-state index < -0.39 is 17.7 Å². The van der Waals surface area contributed by atoms with E-state index in [2.05, 4.69) is 4.98 Å². The van der Waals surface area contributed by atoms with E-state index in [-0.39, 0.29) is 47.9 Å². The summed E-state index contributed by atoms with van der Waals surface area (Å²) in [5.74, 6) is -0.916. The number of carbonyl (C=O) groups excluding carboxylic acids is 3. The number of halogens is 2. The fourth-order valence-electron chi connectivity index (χ4n) is 6.40. The lowest BCUT2D eigenvalue weighted by Gasteiger charge is -2.40. The average molecular weight is 562 g/mol. The van der Waals surface area contributed by atoms with Gasteiger partial charge in [-0.2, -0.15) is 0 Å². The number of para-hydroxylation sites is 1. The number of hydrogen-bond acceptors (Lipinski definition) is 5. The third-order valence-electron chi connectivity index (χ3n) is 8.48. The Morgan fingerprint density at radius 3 is 2.50 bits per heavy atom. The topological polar surface area (TPSA) is 90.8 Å². The van der Waals surface area contributed by atoms with Gasteiger partial charge >= 0.3 is 0 Å². The van der Waals surface area contributed by atoms with Gasteiger partial charge in [0.25, 0.3) is 11.8 Å². The summed E-state index contributed by atoms with van der Waals surface area (Å²) < 4.78 is 14.9. The highest BCUT2D eigenvalue weighted by Crippen LogP contribution is 2.44. The molecule has 0 spiro atoms. The number of anilines is 1. The van der Waals surface area contributed by atoms with E-state index >= 15 is 0 Å². The molecule has 1 aromatic heterocycles. The smallest absolute Gasteiger partial charge is 0.264 e. The first kappa shape index (κ1) is 26.6. The van der Waals surface area contributed by atoms with Crippen LogP contribution in [0.1, 0.15) is 70.2 Å². The van der Waals surface area contributed by atoms with E-state index in [9.17, 15) is 23.9 Å². The number of hydrogen-bond donors (Lipinski definition) is 1. The summed E-state index contributed by atoms with van der Waals surface area (Å²) >= 11 is 6.03. The fraction of sp³-hybridized carbons (Fsp3) is 0.355. The lowest BCUT2D eigenvalue weighted by molar-refractivity contribution is -0.136. The maximum atomic E-state index is 14.9. The third kappa shape index (κ3) is 4.59. The Bertz CT molecular complexity index is 1480. The second-order valence-electron chi connectivity index (χ2n) is 10.9. The van der Waals surface area contributed by atoms with Crippen LogP contribution in [0.2, 0.25) is 5.02 Å². The number of carbonyl (C=O) groups is 3. The van der Waals surface area contributed by atoms with Crippen LogP contribution in [0.25, 0.3) is 0 Å². The molecular weight excluding hydrogens is 533 g/mol. The van der Waals surface area contributed by atoms with Crippen molar-refractivity contribution in [3.8, 4) is 0 Å². The molecule has 1 N–H and O–H groups in total. The minimum atomic E-state index is -1.93. The molecule has 3 aliphatic rings. The van der Waals surface area contributed by atoms with Gasteiger partial charge in [0.05, 0.1) is 34.9 Å². The molecule has 0 saturated heterocycles. The third-order valence-corrected chi connectivity index (χ3v) is 8.69. The summed E-state index contributed by atoms with van der Waals surface area (Å²) in [6.07, 6.45) is 2.48. The lowest BCUT2D eigenvalue weighted by atomic mass is 9.84. The van der Waals surface area contributed by atoms with Crippen molar-refractivity contribution >= 4 is 34.9 Å². The zero-order chi connectivity index (χ0) is 28.0. The normalized spacial score (nSPS) is 26.0. The summed E-state index contributed by atoms with van der Waals surface area (Å²) in [7, 11) is 0. The van der Waals surface area contributed by atoms with Crippen molar-refractivity contribution in [2.45, 2.75) is 49.9 Å². The minimum absolute atomic E-state index is 0.0315. The number of aromatic nitrogens is 1. The maximum Gasteiger partial charge on any atom is 0.264 e. The molecule has 7 nitrogen and oxygen atoms in total. The number of fused-ring (bicyclic) bond motifs is 2. The second-order valence-corrected chi connectivity index (χ2v) is 11.4. The number of amides is 2. The number of Topliss-reactive ketones (excluding diaryl/α,β-unsaturated/α-hetero) is 1. The quantitative estimate of drug-likeness (QED) is 0.414. The number of aliphatic hydroxyl groups is 1. The molecule has 0 radical (unpaired) electrons. The molecule has 2 atom stereocenters. The Morgan fingerprint density at radius 2 is 1.75 bits per heavy atom. The molecule has 3 heterocycles. The predicted octanol–water partition coefficient (Wildman–Crippen LogP) is 5.27. The molecular formula is C31H29ClFN3O4. The monoisotopic (exact) mass is 561 g/mol. The highest BCUT2D eigenvalue weighted by atomic mass is 35.5. The number of alkyl halides is 1. The molecule has 2 aromatic carbocycles. The van der Waals surface area contributed by atoms with Gasteiger partial charge < -0.3 is 14.9 Å². The second kappa shape index (κ2) is 10.4. The van der Waals surface area contributed by atoms with Crippen LogP contribution in [0.4, 0.5) is 10.1 Å². The summed E-state index contributed by atoms with van der Waals surface area (Å²) in [5.41, 5.74) is -0.0655. The van der Waals surface area contributed by atoms with E-state index in [1.54, 1.807) is 58.3 Å². The van der Waals surface area contributed by atoms with Crippen LogP contribution in [0, 0.1) is 5.92 Å². The van der Waals surface area contributed by atoms with Crippen LogP contribution in [0.15, 0.2) is 66.9 Å². The largest absolute Gasteiger partial charge is 0.375 e. The Balaban J connectivity index is 1.15. The summed E-state index contributed by atoms with van der Waals surface area (Å²) in [5, 5.41) is 11.9. The van der Waals surface area contributed by atoms with Gasteiger partial charge in [0, 0.05) is 29.9 Å². The van der Waals surface area contributed by atoms with Crippen molar-refractivity contribution < 1.29 is 23.9 Å². The molecule has 2 unspecified atom stereocenters. The average Bonchev–Trinajstić information content (AvgIpc) is 3.17. The minimum Gasteiger partial charge on any atom is -0.375 e. The van der Waals surface area contributed by atoms with E-state index in [1.807, 2.05) is 6.07 Å². The Labute approximate surface area is 236 Å². The molecule has 1 aliphatic carbocycles. The SMILES string of the molecule is O=C(CC1(O)C(=O)N(CC2CCC(N3CC(F)c4ncc(Cl)cc4C3=O)CC2)c2ccccc21)c1ccccc1. The van der Waals surface area contributed by atoms with E-state index in [1.165, 1.54) is 12.3 Å². The summed E-state index contributed by atoms with van der Waals surface area (Å²) in [4.78, 5) is 47.1. The first-order valence-electron chi connectivity index (χ1n) is 13.6. The van der Waals surface area contributed by atoms with Gasteiger partial charge in [0.1, 0.15) is 0 Å². The highest BCUT2D eigenvalue weighted by molar-refractivity contribution is 6.30. The number of benzene rings is 2. The predicted molar refractivity (Wildman–Crippen MR) is 148 cm³/mol. The van der Waals surface area contributed by atoms with Crippen LogP contribution in [-0.4, -0.2) is 51.7 Å². The van der Waals surface area contributed by atoms with Crippen LogP contribution in [0.3, 0.4) is 0 Å². The van der Waals surface area contributed by atoms with Gasteiger partial charge in [0.15, 0.2) is 17.6 Å². The van der Waals surface area contributed by atoms with E-state index in [4.69, 9.17) is 11.6 Å². The fourth-order valence-corrected chi connectivity index (χ4v) is 6.55. The molecule has 3 aromatic rings. The molecule has 2 amide bonds. The highest BCUT2D eigenvalue weighted by Gasteiger charge is 2.51. The van der Waals surface area contributed by atoms with Gasteiger partial charge in [-0.15, -0.1) is 0 Å². The van der Waals surface area contributed by atoms with Crippen molar-refractivity contribution in [3.05, 3.63) is 94.3 Å². The Kier molecular flexibility index (Phi) is 6.92. The maximum absolute atomic E-state index is 14.9. The number of nitrogens with zero attached hydrogens (tertiary/aromatic N) is 3. The first-order valence-corrected chi connectivity index (χ1v) is 14.0. The Morgan fingerprint density at radius 1 is 1.05 bits per heavy atom. The number of pyridine rings is 1. The lowest BCUT2D eigenvalue weighted by Crippen LogP contribution is -2.48. The van der Waals surface area contributed by atoms with Crippen molar-refractivity contribution in [1.82, 2.24) is 9.88 Å². The van der Waals surface area contributed by atoms with Crippen LogP contribution >= 0.6 is 11.6 Å². The Hall–Kier alpha value is -3.62. The molecule has 1 saturated carbocycles. The van der Waals surface area contributed by atoms with Crippen molar-refractivity contribution in [1.29, 1.82) is 0 Å². The van der Waals surface area contributed by atoms with Gasteiger partial charge in [-0.05, 0) is 43.7 Å². The van der Waals surface area contributed by atoms with Crippen LogP contribution in [-0.2, 0) is 10.4 Å². The standard InChI is InChI=1S/C31H29ClFN3O4/c32-21-14-23-28(34-16-21)25(33)18-35(29(23)38)22-12-10-19(11-13-22)17-36-26-9-5-4-8-24(26)31(40,30(36)39)15-27(37)20-6-2-1-3-7-20/h1-9,14,16,19,22,25,40H,10-13,15,17-18H2. The van der Waals surface area contributed by atoms with Gasteiger partial charge in [-0.3, -0.25) is 19.4 Å². The zero-order valence-corrected chi connectivity index (χ0v) is 22.6. The molecule has 1 fully saturated rings. The number of ketones is 1. The molecule has 0 bridgehead atoms. The van der Waals surface area contributed by atoms with Gasteiger partial charge in [0.2, 0.25) is 0 Å². The van der Waals surface area contributed by atoms with Crippen LogP contribution in [0.5, 0.6) is 0 Å². The van der Waals surface area contributed by atoms with Crippen molar-refractivity contribution in [2.75, 3.05) is 18.0 Å². The summed E-state index contributed by atoms with van der Waals surface area (Å²) in [6.45, 7) is 0.364. The van der Waals surface area contributed by atoms with Crippen molar-refractivity contribution in [3.63, 3.8) is 0 Å². The molecule has 40 heavy (non-hydrogen) atoms. The first-order chi connectivity index (χ1) is 19.3. The van der Waals surface area contributed by atoms with Crippen molar-refractivity contribution in [2.24, 2.45) is 5.92 Å². The number of rotatable bonds is 6. The van der Waals surface area contributed by atoms with Gasteiger partial charge in [-0.25, -0.2) is 4.39 Å². The molecule has 9 heteroatoms. The van der Waals surface area contributed by atoms with E-state index in [0.29, 0.717) is 41.2 Å². The summed E-state index contributed by atoms with van der Waals surface area (Å²) in [6, 6.07) is 17.1. The van der Waals surface area contributed by atoms with Gasteiger partial charge in [-0.1, -0.05) is 60.1 Å². The zero-order valence-electron chi connectivity index (χ0n) is 21.8. The van der Waals surface area contributed by atoms with E-state index in [0.717, 1.165) is 12.8 Å². The molecule has 206 valence electrons. The molecule has 6 rings (SSSR count).